The van der Waals surface area contributed by atoms with Gasteiger partial charge in [-0.1, -0.05) is 47.6 Å². The second-order valence-electron chi connectivity index (χ2n) is 3.48. The third kappa shape index (κ3) is 2.32. The van der Waals surface area contributed by atoms with Crippen LogP contribution in [0.1, 0.15) is 0 Å². The third-order valence-electron chi connectivity index (χ3n) is 2.30. The number of halogens is 1. The van der Waals surface area contributed by atoms with Gasteiger partial charge in [-0.3, -0.25) is 0 Å². The minimum Gasteiger partial charge on any atom is -0.228 e. The number of hydrogen-bond acceptors (Lipinski definition) is 3. The SMILES string of the molecule is Clc1cccc2sc(Sc3ccccc3)nc12. The van der Waals surface area contributed by atoms with E-state index in [4.69, 9.17) is 11.6 Å². The first-order valence-electron chi connectivity index (χ1n) is 5.11. The molecule has 0 fully saturated rings. The highest BCUT2D eigenvalue weighted by Gasteiger charge is 2.07. The first kappa shape index (κ1) is 11.1. The lowest BCUT2D eigenvalue weighted by molar-refractivity contribution is 1.29. The summed E-state index contributed by atoms with van der Waals surface area (Å²) >= 11 is 9.45. The lowest BCUT2D eigenvalue weighted by Crippen LogP contribution is -1.72. The predicted octanol–water partition coefficient (Wildman–Crippen LogP) is 5.10. The van der Waals surface area contributed by atoms with Crippen LogP contribution in [-0.2, 0) is 0 Å². The Bertz CT molecular complexity index is 649. The van der Waals surface area contributed by atoms with Crippen LogP contribution in [0.5, 0.6) is 0 Å². The van der Waals surface area contributed by atoms with Gasteiger partial charge in [0.15, 0.2) is 4.34 Å². The predicted molar refractivity (Wildman–Crippen MR) is 75.2 cm³/mol. The molecule has 17 heavy (non-hydrogen) atoms. The molecule has 84 valence electrons. The van der Waals surface area contributed by atoms with Crippen LogP contribution in [0.25, 0.3) is 10.2 Å². The lowest BCUT2D eigenvalue weighted by atomic mass is 10.3. The van der Waals surface area contributed by atoms with E-state index in [9.17, 15) is 0 Å². The molecule has 0 amide bonds. The number of rotatable bonds is 2. The van der Waals surface area contributed by atoms with Crippen molar-refractivity contribution in [1.29, 1.82) is 0 Å². The number of para-hydroxylation sites is 1. The molecule has 3 rings (SSSR count). The van der Waals surface area contributed by atoms with E-state index in [0.29, 0.717) is 0 Å². The van der Waals surface area contributed by atoms with E-state index >= 15 is 0 Å². The van der Waals surface area contributed by atoms with Gasteiger partial charge in [0.2, 0.25) is 0 Å². The van der Waals surface area contributed by atoms with E-state index in [2.05, 4.69) is 17.1 Å². The molecule has 0 N–H and O–H groups in total. The fourth-order valence-corrected chi connectivity index (χ4v) is 3.88. The molecule has 0 saturated carbocycles. The molecule has 1 aromatic heterocycles. The molecule has 1 nitrogen and oxygen atoms in total. The summed E-state index contributed by atoms with van der Waals surface area (Å²) in [5.41, 5.74) is 0.901. The van der Waals surface area contributed by atoms with Crippen molar-refractivity contribution in [2.75, 3.05) is 0 Å². The van der Waals surface area contributed by atoms with Gasteiger partial charge < -0.3 is 0 Å². The van der Waals surface area contributed by atoms with Crippen LogP contribution in [0.4, 0.5) is 0 Å². The summed E-state index contributed by atoms with van der Waals surface area (Å²) in [6.45, 7) is 0. The van der Waals surface area contributed by atoms with Gasteiger partial charge in [0.05, 0.1) is 9.72 Å². The summed E-state index contributed by atoms with van der Waals surface area (Å²) in [7, 11) is 0. The van der Waals surface area contributed by atoms with Crippen LogP contribution < -0.4 is 0 Å². The summed E-state index contributed by atoms with van der Waals surface area (Å²) in [6, 6.07) is 16.1. The Morgan fingerprint density at radius 1 is 1.00 bits per heavy atom. The molecule has 0 radical (unpaired) electrons. The Morgan fingerprint density at radius 3 is 2.59 bits per heavy atom. The summed E-state index contributed by atoms with van der Waals surface area (Å²) in [4.78, 5) is 5.75. The van der Waals surface area contributed by atoms with E-state index in [1.165, 1.54) is 4.90 Å². The molecule has 0 aliphatic carbocycles. The quantitative estimate of drug-likeness (QED) is 0.646. The average molecular weight is 278 g/mol. The highest BCUT2D eigenvalue weighted by molar-refractivity contribution is 8.01. The Morgan fingerprint density at radius 2 is 1.82 bits per heavy atom. The fraction of sp³-hybridized carbons (Fsp3) is 0. The van der Waals surface area contributed by atoms with Crippen LogP contribution in [0.15, 0.2) is 57.8 Å². The van der Waals surface area contributed by atoms with E-state index in [0.717, 1.165) is 19.6 Å². The highest BCUT2D eigenvalue weighted by atomic mass is 35.5. The lowest BCUT2D eigenvalue weighted by Gasteiger charge is -1.94. The fourth-order valence-electron chi connectivity index (χ4n) is 1.53. The maximum absolute atomic E-state index is 6.11. The largest absolute Gasteiger partial charge is 0.228 e. The average Bonchev–Trinajstić information content (AvgIpc) is 2.74. The molecule has 3 aromatic rings. The Hall–Kier alpha value is -1.03. The Kier molecular flexibility index (Phi) is 3.05. The molecule has 0 atom stereocenters. The highest BCUT2D eigenvalue weighted by Crippen LogP contribution is 2.36. The Balaban J connectivity index is 1.99. The number of aromatic nitrogens is 1. The summed E-state index contributed by atoms with van der Waals surface area (Å²) in [5, 5.41) is 0.721. The second kappa shape index (κ2) is 4.69. The zero-order chi connectivity index (χ0) is 11.7. The van der Waals surface area contributed by atoms with Crippen LogP contribution in [0.3, 0.4) is 0 Å². The Labute approximate surface area is 112 Å². The minimum atomic E-state index is 0.721. The van der Waals surface area contributed by atoms with Crippen molar-refractivity contribution in [3.05, 3.63) is 53.6 Å². The molecule has 1 heterocycles. The van der Waals surface area contributed by atoms with Gasteiger partial charge in [0.25, 0.3) is 0 Å². The summed E-state index contributed by atoms with van der Waals surface area (Å²) in [6.07, 6.45) is 0. The van der Waals surface area contributed by atoms with Crippen LogP contribution >= 0.6 is 34.7 Å². The van der Waals surface area contributed by atoms with Gasteiger partial charge >= 0.3 is 0 Å². The van der Waals surface area contributed by atoms with Crippen molar-refractivity contribution in [2.24, 2.45) is 0 Å². The summed E-state index contributed by atoms with van der Waals surface area (Å²) < 4.78 is 2.16. The molecule has 0 bridgehead atoms. The zero-order valence-corrected chi connectivity index (χ0v) is 11.1. The third-order valence-corrected chi connectivity index (χ3v) is 4.69. The van der Waals surface area contributed by atoms with E-state index in [1.54, 1.807) is 23.1 Å². The first-order valence-corrected chi connectivity index (χ1v) is 7.12. The van der Waals surface area contributed by atoms with Gasteiger partial charge in [0, 0.05) is 4.90 Å². The second-order valence-corrected chi connectivity index (χ2v) is 6.24. The number of fused-ring (bicyclic) bond motifs is 1. The topological polar surface area (TPSA) is 12.9 Å². The number of nitrogens with zero attached hydrogens (tertiary/aromatic N) is 1. The van der Waals surface area contributed by atoms with Crippen molar-refractivity contribution >= 4 is 44.9 Å². The van der Waals surface area contributed by atoms with Crippen molar-refractivity contribution in [2.45, 2.75) is 9.24 Å². The maximum atomic E-state index is 6.11. The number of hydrogen-bond donors (Lipinski definition) is 0. The van der Waals surface area contributed by atoms with Crippen molar-refractivity contribution in [3.63, 3.8) is 0 Å². The monoisotopic (exact) mass is 277 g/mol. The van der Waals surface area contributed by atoms with Crippen LogP contribution in [0, 0.1) is 0 Å². The normalized spacial score (nSPS) is 10.9. The molecular formula is C13H8ClNS2. The molecule has 0 saturated heterocycles. The molecule has 0 aliphatic rings. The molecule has 2 aromatic carbocycles. The molecule has 0 aliphatic heterocycles. The van der Waals surface area contributed by atoms with E-state index < -0.39 is 0 Å². The minimum absolute atomic E-state index is 0.721. The number of thiazole rings is 1. The van der Waals surface area contributed by atoms with Gasteiger partial charge in [0.1, 0.15) is 5.52 Å². The maximum Gasteiger partial charge on any atom is 0.155 e. The molecule has 4 heteroatoms. The molecule has 0 spiro atoms. The van der Waals surface area contributed by atoms with Crippen molar-refractivity contribution < 1.29 is 0 Å². The van der Waals surface area contributed by atoms with Gasteiger partial charge in [-0.15, -0.1) is 11.3 Å². The van der Waals surface area contributed by atoms with E-state index in [-0.39, 0.29) is 0 Å². The first-order chi connectivity index (χ1) is 8.33. The van der Waals surface area contributed by atoms with Crippen LogP contribution in [0.2, 0.25) is 5.02 Å². The zero-order valence-electron chi connectivity index (χ0n) is 8.76. The number of benzene rings is 2. The van der Waals surface area contributed by atoms with E-state index in [1.807, 2.05) is 36.4 Å². The van der Waals surface area contributed by atoms with Gasteiger partial charge in [-0.2, -0.15) is 0 Å². The van der Waals surface area contributed by atoms with Crippen molar-refractivity contribution in [3.8, 4) is 0 Å². The summed E-state index contributed by atoms with van der Waals surface area (Å²) in [5.74, 6) is 0. The molecule has 0 unspecified atom stereocenters. The smallest absolute Gasteiger partial charge is 0.155 e. The molecular weight excluding hydrogens is 270 g/mol. The van der Waals surface area contributed by atoms with Crippen LogP contribution in [-0.4, -0.2) is 4.98 Å². The standard InChI is InChI=1S/C13H8ClNS2/c14-10-7-4-8-11-12(10)15-13(17-11)16-9-5-2-1-3-6-9/h1-8H. The van der Waals surface area contributed by atoms with Gasteiger partial charge in [-0.05, 0) is 24.3 Å². The van der Waals surface area contributed by atoms with Gasteiger partial charge in [-0.25, -0.2) is 4.98 Å². The van der Waals surface area contributed by atoms with Crippen molar-refractivity contribution in [1.82, 2.24) is 4.98 Å².